The molecule has 0 fully saturated rings. The van der Waals surface area contributed by atoms with Gasteiger partial charge in [0, 0.05) is 42.8 Å². The zero-order valence-corrected chi connectivity index (χ0v) is 15.8. The lowest BCUT2D eigenvalue weighted by atomic mass is 10.3. The lowest BCUT2D eigenvalue weighted by Crippen LogP contribution is -2.19. The second-order valence-corrected chi connectivity index (χ2v) is 5.97. The first-order chi connectivity index (χ1) is 14.4. The number of urea groups is 1. The Hall–Kier alpha value is -4.47. The summed E-state index contributed by atoms with van der Waals surface area (Å²) in [6.45, 7) is 0. The van der Waals surface area contributed by atoms with Crippen molar-refractivity contribution in [2.45, 2.75) is 0 Å². The number of non-ortho nitro benzene ring substituents is 1. The predicted molar refractivity (Wildman–Crippen MR) is 110 cm³/mol. The molecule has 30 heavy (non-hydrogen) atoms. The fraction of sp³-hybridized carbons (Fsp3) is 0.0500. The van der Waals surface area contributed by atoms with Crippen LogP contribution in [0.2, 0.25) is 0 Å². The maximum atomic E-state index is 12.1. The molecule has 2 aromatic carbocycles. The number of aromatic nitrogens is 1. The quantitative estimate of drug-likeness (QED) is 0.420. The van der Waals surface area contributed by atoms with E-state index in [2.05, 4.69) is 20.9 Å². The number of nitro benzene ring substituents is 1. The average molecular weight is 407 g/mol. The number of carbonyl (C=O) groups excluding carboxylic acids is 2. The third-order valence-electron chi connectivity index (χ3n) is 3.87. The monoisotopic (exact) mass is 407 g/mol. The molecule has 0 aliphatic rings. The highest BCUT2D eigenvalue weighted by Gasteiger charge is 2.08. The number of amides is 3. The zero-order chi connectivity index (χ0) is 21.5. The van der Waals surface area contributed by atoms with Crippen molar-refractivity contribution in [3.8, 4) is 11.5 Å². The van der Waals surface area contributed by atoms with Crippen LogP contribution in [0.3, 0.4) is 0 Å². The summed E-state index contributed by atoms with van der Waals surface area (Å²) in [7, 11) is 1.51. The molecule has 10 heteroatoms. The molecule has 3 N–H and O–H groups in total. The van der Waals surface area contributed by atoms with E-state index >= 15 is 0 Å². The Morgan fingerprint density at radius 1 is 0.933 bits per heavy atom. The molecule has 1 aromatic heterocycles. The van der Waals surface area contributed by atoms with Gasteiger partial charge >= 0.3 is 6.03 Å². The highest BCUT2D eigenvalue weighted by Crippen LogP contribution is 2.23. The molecule has 3 rings (SSSR count). The number of nitrogens with zero attached hydrogens (tertiary/aromatic N) is 2. The van der Waals surface area contributed by atoms with Crippen LogP contribution < -0.4 is 20.7 Å². The molecule has 0 saturated carbocycles. The van der Waals surface area contributed by atoms with Crippen molar-refractivity contribution < 1.29 is 19.2 Å². The molecule has 0 radical (unpaired) electrons. The molecule has 0 aliphatic carbocycles. The molecular weight excluding hydrogens is 390 g/mol. The summed E-state index contributed by atoms with van der Waals surface area (Å²) in [5.41, 5.74) is 1.11. The van der Waals surface area contributed by atoms with E-state index in [1.165, 1.54) is 43.6 Å². The first-order valence-corrected chi connectivity index (χ1v) is 8.73. The number of hydrogen-bond acceptors (Lipinski definition) is 6. The average Bonchev–Trinajstić information content (AvgIpc) is 2.75. The largest absolute Gasteiger partial charge is 0.457 e. The van der Waals surface area contributed by atoms with Gasteiger partial charge in [-0.25, -0.2) is 4.79 Å². The van der Waals surface area contributed by atoms with Crippen molar-refractivity contribution in [2.24, 2.45) is 0 Å². The smallest absolute Gasteiger partial charge is 0.323 e. The first-order valence-electron chi connectivity index (χ1n) is 8.73. The van der Waals surface area contributed by atoms with E-state index in [9.17, 15) is 19.7 Å². The van der Waals surface area contributed by atoms with Gasteiger partial charge in [0.15, 0.2) is 0 Å². The number of ether oxygens (including phenoxy) is 1. The number of nitro groups is 1. The fourth-order valence-electron chi connectivity index (χ4n) is 2.43. The number of anilines is 2. The Morgan fingerprint density at radius 3 is 2.10 bits per heavy atom. The predicted octanol–water partition coefficient (Wildman–Crippen LogP) is 3.79. The van der Waals surface area contributed by atoms with Crippen LogP contribution in [0.1, 0.15) is 10.5 Å². The van der Waals surface area contributed by atoms with Gasteiger partial charge in [-0.2, -0.15) is 0 Å². The minimum Gasteiger partial charge on any atom is -0.457 e. The Kier molecular flexibility index (Phi) is 6.18. The summed E-state index contributed by atoms with van der Waals surface area (Å²) in [6.07, 6.45) is 1.47. The van der Waals surface area contributed by atoms with Crippen LogP contribution >= 0.6 is 0 Å². The van der Waals surface area contributed by atoms with E-state index in [4.69, 9.17) is 4.74 Å². The van der Waals surface area contributed by atoms with Crippen molar-refractivity contribution in [3.05, 3.63) is 82.7 Å². The summed E-state index contributed by atoms with van der Waals surface area (Å²) in [5, 5.41) is 18.4. The molecule has 0 atom stereocenters. The zero-order valence-electron chi connectivity index (χ0n) is 15.8. The van der Waals surface area contributed by atoms with Gasteiger partial charge in [-0.3, -0.25) is 19.9 Å². The molecule has 0 unspecified atom stereocenters. The number of hydrogen-bond donors (Lipinski definition) is 3. The second-order valence-electron chi connectivity index (χ2n) is 5.97. The van der Waals surface area contributed by atoms with Gasteiger partial charge < -0.3 is 20.7 Å². The van der Waals surface area contributed by atoms with E-state index in [0.717, 1.165) is 0 Å². The highest BCUT2D eigenvalue weighted by molar-refractivity contribution is 5.99. The summed E-state index contributed by atoms with van der Waals surface area (Å²) >= 11 is 0. The topological polar surface area (TPSA) is 135 Å². The molecule has 152 valence electrons. The molecule has 0 saturated heterocycles. The summed E-state index contributed by atoms with van der Waals surface area (Å²) in [5.74, 6) is 0.629. The van der Waals surface area contributed by atoms with E-state index in [1.54, 1.807) is 30.3 Å². The molecule has 1 heterocycles. The lowest BCUT2D eigenvalue weighted by Gasteiger charge is -2.10. The van der Waals surface area contributed by atoms with Crippen LogP contribution in [-0.2, 0) is 0 Å². The van der Waals surface area contributed by atoms with Crippen LogP contribution in [0.4, 0.5) is 21.9 Å². The van der Waals surface area contributed by atoms with Gasteiger partial charge in [0.1, 0.15) is 17.2 Å². The van der Waals surface area contributed by atoms with Gasteiger partial charge in [0.05, 0.1) is 4.92 Å². The summed E-state index contributed by atoms with van der Waals surface area (Å²) < 4.78 is 5.70. The molecule has 10 nitrogen and oxygen atoms in total. The maximum absolute atomic E-state index is 12.1. The van der Waals surface area contributed by atoms with Gasteiger partial charge in [-0.1, -0.05) is 0 Å². The van der Waals surface area contributed by atoms with Gasteiger partial charge in [0.2, 0.25) is 0 Å². The van der Waals surface area contributed by atoms with Gasteiger partial charge in [0.25, 0.3) is 11.6 Å². The Balaban J connectivity index is 1.58. The van der Waals surface area contributed by atoms with E-state index in [-0.39, 0.29) is 17.3 Å². The molecule has 3 aromatic rings. The van der Waals surface area contributed by atoms with E-state index < -0.39 is 11.0 Å². The SMILES string of the molecule is CNC(=O)c1cc(Oc2ccc(NC(=O)Nc3ccc([N+](=O)[O-])cc3)cc2)ccn1. The maximum Gasteiger partial charge on any atom is 0.323 e. The van der Waals surface area contributed by atoms with Gasteiger partial charge in [-0.15, -0.1) is 0 Å². The van der Waals surface area contributed by atoms with Crippen molar-refractivity contribution >= 4 is 29.0 Å². The number of benzene rings is 2. The minimum atomic E-state index is -0.515. The Bertz CT molecular complexity index is 1070. The third kappa shape index (κ3) is 5.29. The fourth-order valence-corrected chi connectivity index (χ4v) is 2.43. The van der Waals surface area contributed by atoms with Crippen molar-refractivity contribution in [1.82, 2.24) is 10.3 Å². The molecular formula is C20H17N5O5. The lowest BCUT2D eigenvalue weighted by molar-refractivity contribution is -0.384. The minimum absolute atomic E-state index is 0.0619. The summed E-state index contributed by atoms with van der Waals surface area (Å²) in [6, 6.07) is 14.7. The second kappa shape index (κ2) is 9.15. The van der Waals surface area contributed by atoms with E-state index in [0.29, 0.717) is 22.9 Å². The van der Waals surface area contributed by atoms with E-state index in [1.807, 2.05) is 0 Å². The van der Waals surface area contributed by atoms with Crippen LogP contribution in [0.15, 0.2) is 66.9 Å². The number of rotatable bonds is 6. The summed E-state index contributed by atoms with van der Waals surface area (Å²) in [4.78, 5) is 37.8. The number of nitrogens with one attached hydrogen (secondary N) is 3. The molecule has 3 amide bonds. The van der Waals surface area contributed by atoms with Gasteiger partial charge in [-0.05, 0) is 42.5 Å². The number of carbonyl (C=O) groups is 2. The Morgan fingerprint density at radius 2 is 1.53 bits per heavy atom. The highest BCUT2D eigenvalue weighted by atomic mass is 16.6. The van der Waals surface area contributed by atoms with Crippen LogP contribution in [0.25, 0.3) is 0 Å². The molecule has 0 spiro atoms. The molecule has 0 aliphatic heterocycles. The van der Waals surface area contributed by atoms with Crippen molar-refractivity contribution in [3.63, 3.8) is 0 Å². The molecule has 0 bridgehead atoms. The van der Waals surface area contributed by atoms with Crippen LogP contribution in [0.5, 0.6) is 11.5 Å². The van der Waals surface area contributed by atoms with Crippen molar-refractivity contribution in [2.75, 3.05) is 17.7 Å². The normalized spacial score (nSPS) is 10.0. The number of pyridine rings is 1. The van der Waals surface area contributed by atoms with Crippen molar-refractivity contribution in [1.29, 1.82) is 0 Å². The standard InChI is InChI=1S/C20H17N5O5/c1-21-19(26)18-12-17(10-11-22-18)30-16-8-4-14(5-9-16)24-20(27)23-13-2-6-15(7-3-13)25(28)29/h2-12H,1H3,(H,21,26)(H2,23,24,27). The van der Waals surface area contributed by atoms with Crippen LogP contribution in [0, 0.1) is 10.1 Å². The van der Waals surface area contributed by atoms with Crippen LogP contribution in [-0.4, -0.2) is 28.9 Å². The Labute approximate surface area is 171 Å². The third-order valence-corrected chi connectivity index (χ3v) is 3.87. The first kappa shape index (κ1) is 20.3.